The van der Waals surface area contributed by atoms with Crippen LogP contribution in [0.4, 0.5) is 0 Å². The highest BCUT2D eigenvalue weighted by atomic mass is 35.5. The van der Waals surface area contributed by atoms with Crippen molar-refractivity contribution in [2.24, 2.45) is 0 Å². The van der Waals surface area contributed by atoms with Crippen LogP contribution in [0.25, 0.3) is 0 Å². The van der Waals surface area contributed by atoms with Gasteiger partial charge in [-0.2, -0.15) is 0 Å². The number of benzene rings is 2. The number of hydrogen-bond acceptors (Lipinski definition) is 2. The van der Waals surface area contributed by atoms with Crippen molar-refractivity contribution in [2.75, 3.05) is 13.2 Å². The highest BCUT2D eigenvalue weighted by Crippen LogP contribution is 2.32. The van der Waals surface area contributed by atoms with Crippen molar-refractivity contribution >= 4 is 29.1 Å². The first kappa shape index (κ1) is 16.7. The van der Waals surface area contributed by atoms with E-state index in [-0.39, 0.29) is 18.4 Å². The van der Waals surface area contributed by atoms with Crippen LogP contribution >= 0.6 is 23.2 Å². The molecule has 116 valence electrons. The van der Waals surface area contributed by atoms with Crippen LogP contribution in [0.3, 0.4) is 0 Å². The maximum absolute atomic E-state index is 11.9. The van der Waals surface area contributed by atoms with Crippen molar-refractivity contribution < 1.29 is 9.53 Å². The summed E-state index contributed by atoms with van der Waals surface area (Å²) < 4.78 is 5.39. The summed E-state index contributed by atoms with van der Waals surface area (Å²) in [5, 5.41) is 3.61. The zero-order chi connectivity index (χ0) is 15.9. The summed E-state index contributed by atoms with van der Waals surface area (Å²) in [5.74, 6) is 0.352. The Morgan fingerprint density at radius 3 is 2.36 bits per heavy atom. The van der Waals surface area contributed by atoms with Crippen LogP contribution in [0.1, 0.15) is 18.4 Å². The lowest BCUT2D eigenvalue weighted by molar-refractivity contribution is -0.123. The topological polar surface area (TPSA) is 38.3 Å². The molecule has 0 radical (unpaired) electrons. The Morgan fingerprint density at radius 2 is 1.73 bits per heavy atom. The molecular weight excluding hydrogens is 321 g/mol. The number of rotatable bonds is 6. The minimum absolute atomic E-state index is 0.120. The molecule has 3 nitrogen and oxygen atoms in total. The van der Waals surface area contributed by atoms with Crippen LogP contribution in [0, 0.1) is 0 Å². The fourth-order valence-corrected chi connectivity index (χ4v) is 2.48. The van der Waals surface area contributed by atoms with E-state index >= 15 is 0 Å². The summed E-state index contributed by atoms with van der Waals surface area (Å²) in [4.78, 5) is 11.9. The van der Waals surface area contributed by atoms with Crippen LogP contribution < -0.4 is 10.1 Å². The van der Waals surface area contributed by atoms with E-state index < -0.39 is 0 Å². The Hall–Kier alpha value is -1.71. The van der Waals surface area contributed by atoms with Gasteiger partial charge < -0.3 is 10.1 Å². The first-order chi connectivity index (χ1) is 10.6. The van der Waals surface area contributed by atoms with Crippen molar-refractivity contribution in [1.29, 1.82) is 0 Å². The average molecular weight is 338 g/mol. The van der Waals surface area contributed by atoms with Gasteiger partial charge in [-0.15, -0.1) is 0 Å². The normalized spacial score (nSPS) is 11.8. The van der Waals surface area contributed by atoms with Gasteiger partial charge in [0.2, 0.25) is 0 Å². The van der Waals surface area contributed by atoms with Gasteiger partial charge in [0.05, 0.1) is 10.0 Å². The van der Waals surface area contributed by atoms with Gasteiger partial charge in [0, 0.05) is 6.54 Å². The molecule has 1 N–H and O–H groups in total. The molecule has 1 atom stereocenters. The molecule has 0 saturated heterocycles. The molecule has 5 heteroatoms. The number of para-hydroxylation sites is 1. The highest BCUT2D eigenvalue weighted by Gasteiger charge is 2.11. The largest absolute Gasteiger partial charge is 0.481 e. The van der Waals surface area contributed by atoms with E-state index in [0.29, 0.717) is 22.3 Å². The molecule has 0 aromatic heterocycles. The van der Waals surface area contributed by atoms with Gasteiger partial charge in [-0.3, -0.25) is 4.79 Å². The Kier molecular flexibility index (Phi) is 6.10. The number of ether oxygens (including phenoxy) is 1. The van der Waals surface area contributed by atoms with E-state index in [1.54, 1.807) is 18.2 Å². The van der Waals surface area contributed by atoms with Crippen molar-refractivity contribution in [2.45, 2.75) is 12.8 Å². The molecule has 22 heavy (non-hydrogen) atoms. The van der Waals surface area contributed by atoms with E-state index in [9.17, 15) is 4.79 Å². The van der Waals surface area contributed by atoms with Crippen molar-refractivity contribution in [3.8, 4) is 5.75 Å². The number of amides is 1. The number of hydrogen-bond donors (Lipinski definition) is 1. The molecule has 0 spiro atoms. The molecule has 2 aromatic carbocycles. The Bertz CT molecular complexity index is 612. The smallest absolute Gasteiger partial charge is 0.257 e. The fourth-order valence-electron chi connectivity index (χ4n) is 1.98. The Labute approximate surface area is 140 Å². The van der Waals surface area contributed by atoms with Gasteiger partial charge in [-0.05, 0) is 23.6 Å². The van der Waals surface area contributed by atoms with Crippen LogP contribution in [0.15, 0.2) is 48.5 Å². The maximum Gasteiger partial charge on any atom is 0.257 e. The molecule has 0 unspecified atom stereocenters. The fraction of sp³-hybridized carbons (Fsp3) is 0.235. The van der Waals surface area contributed by atoms with Gasteiger partial charge in [0.15, 0.2) is 12.4 Å². The molecule has 0 aliphatic carbocycles. The van der Waals surface area contributed by atoms with E-state index in [1.807, 2.05) is 30.3 Å². The summed E-state index contributed by atoms with van der Waals surface area (Å²) >= 11 is 12.0. The predicted octanol–water partition coefficient (Wildman–Crippen LogP) is 4.29. The zero-order valence-electron chi connectivity index (χ0n) is 12.2. The first-order valence-corrected chi connectivity index (χ1v) is 7.72. The van der Waals surface area contributed by atoms with E-state index in [0.717, 1.165) is 0 Å². The number of carbonyl (C=O) groups excluding carboxylic acids is 1. The van der Waals surface area contributed by atoms with E-state index in [4.69, 9.17) is 27.9 Å². The third-order valence-electron chi connectivity index (χ3n) is 3.24. The number of nitrogens with one attached hydrogen (secondary N) is 1. The number of carbonyl (C=O) groups is 1. The van der Waals surface area contributed by atoms with Gasteiger partial charge >= 0.3 is 0 Å². The first-order valence-electron chi connectivity index (χ1n) is 6.96. The zero-order valence-corrected chi connectivity index (χ0v) is 13.7. The quantitative estimate of drug-likeness (QED) is 0.853. The molecule has 1 amide bonds. The lowest BCUT2D eigenvalue weighted by atomic mass is 10.0. The second-order valence-electron chi connectivity index (χ2n) is 4.96. The predicted molar refractivity (Wildman–Crippen MR) is 89.8 cm³/mol. The second-order valence-corrected chi connectivity index (χ2v) is 5.77. The molecule has 0 heterocycles. The summed E-state index contributed by atoms with van der Waals surface area (Å²) in [6.07, 6.45) is 0. The lowest BCUT2D eigenvalue weighted by Crippen LogP contribution is -2.31. The highest BCUT2D eigenvalue weighted by molar-refractivity contribution is 6.37. The molecule has 2 rings (SSSR count). The third-order valence-corrected chi connectivity index (χ3v) is 3.84. The summed E-state index contributed by atoms with van der Waals surface area (Å²) in [6, 6.07) is 15.1. The minimum atomic E-state index is -0.209. The van der Waals surface area contributed by atoms with Crippen LogP contribution in [-0.4, -0.2) is 19.1 Å². The molecule has 2 aromatic rings. The summed E-state index contributed by atoms with van der Waals surface area (Å²) in [5.41, 5.74) is 1.18. The van der Waals surface area contributed by atoms with E-state index in [2.05, 4.69) is 12.2 Å². The van der Waals surface area contributed by atoms with Crippen molar-refractivity contribution in [3.05, 3.63) is 64.1 Å². The summed E-state index contributed by atoms with van der Waals surface area (Å²) in [7, 11) is 0. The second kappa shape index (κ2) is 8.06. The Balaban J connectivity index is 1.81. The molecule has 0 bridgehead atoms. The van der Waals surface area contributed by atoms with Crippen LogP contribution in [-0.2, 0) is 4.79 Å². The van der Waals surface area contributed by atoms with Gasteiger partial charge in [0.25, 0.3) is 5.91 Å². The van der Waals surface area contributed by atoms with Crippen molar-refractivity contribution in [3.63, 3.8) is 0 Å². The molecule has 0 fully saturated rings. The van der Waals surface area contributed by atoms with Crippen LogP contribution in [0.2, 0.25) is 10.0 Å². The monoisotopic (exact) mass is 337 g/mol. The SMILES string of the molecule is C[C@@H](CNC(=O)COc1c(Cl)cccc1Cl)c1ccccc1. The van der Waals surface area contributed by atoms with Gasteiger partial charge in [0.1, 0.15) is 0 Å². The van der Waals surface area contributed by atoms with Gasteiger partial charge in [-0.1, -0.05) is 66.5 Å². The number of halogens is 2. The maximum atomic E-state index is 11.9. The van der Waals surface area contributed by atoms with Gasteiger partial charge in [-0.25, -0.2) is 0 Å². The average Bonchev–Trinajstić information content (AvgIpc) is 2.53. The molecule has 0 aliphatic heterocycles. The molecular formula is C17H17Cl2NO2. The molecule has 0 aliphatic rings. The Morgan fingerprint density at radius 1 is 1.09 bits per heavy atom. The van der Waals surface area contributed by atoms with Crippen LogP contribution in [0.5, 0.6) is 5.75 Å². The lowest BCUT2D eigenvalue weighted by Gasteiger charge is -2.14. The van der Waals surface area contributed by atoms with Crippen molar-refractivity contribution in [1.82, 2.24) is 5.32 Å². The molecule has 0 saturated carbocycles. The summed E-state index contributed by atoms with van der Waals surface area (Å²) in [6.45, 7) is 2.48. The minimum Gasteiger partial charge on any atom is -0.481 e. The third kappa shape index (κ3) is 4.65. The van der Waals surface area contributed by atoms with E-state index in [1.165, 1.54) is 5.56 Å². The standard InChI is InChI=1S/C17H17Cl2NO2/c1-12(13-6-3-2-4-7-13)10-20-16(21)11-22-17-14(18)8-5-9-15(17)19/h2-9,12H,10-11H2,1H3,(H,20,21)/t12-/m0/s1.